The minimum atomic E-state index is -0.0224. The van der Waals surface area contributed by atoms with Crippen LogP contribution in [0.25, 0.3) is 16.6 Å². The van der Waals surface area contributed by atoms with E-state index in [1.54, 1.807) is 24.3 Å². The number of aryl methyl sites for hydroxylation is 1. The number of fused-ring (bicyclic) bond motifs is 3. The molecule has 4 rings (SSSR count). The monoisotopic (exact) mass is 432 g/mol. The van der Waals surface area contributed by atoms with E-state index in [1.807, 2.05) is 42.5 Å². The van der Waals surface area contributed by atoms with Crippen molar-refractivity contribution >= 4 is 45.7 Å². The molecule has 0 unspecified atom stereocenters. The number of hydrogen-bond acceptors (Lipinski definition) is 5. The number of rotatable bonds is 7. The van der Waals surface area contributed by atoms with Crippen LogP contribution in [0.1, 0.15) is 36.2 Å². The van der Waals surface area contributed by atoms with Gasteiger partial charge in [-0.1, -0.05) is 43.8 Å². The first-order valence-electron chi connectivity index (χ1n) is 10.2. The Morgan fingerprint density at radius 1 is 1.06 bits per heavy atom. The van der Waals surface area contributed by atoms with Gasteiger partial charge in [-0.2, -0.15) is 0 Å². The molecule has 0 aliphatic rings. The Kier molecular flexibility index (Phi) is 6.04. The molecule has 2 aromatic carbocycles. The van der Waals surface area contributed by atoms with E-state index >= 15 is 0 Å². The molecular weight excluding hydrogens is 408 g/mol. The molecule has 158 valence electrons. The van der Waals surface area contributed by atoms with E-state index in [2.05, 4.69) is 28.5 Å². The van der Waals surface area contributed by atoms with Gasteiger partial charge in [0.15, 0.2) is 16.6 Å². The molecule has 0 saturated carbocycles. The first-order valence-corrected chi connectivity index (χ1v) is 11.2. The predicted octanol–water partition coefficient (Wildman–Crippen LogP) is 5.15. The highest BCUT2D eigenvalue weighted by Gasteiger charge is 2.14. The number of hydrogen-bond donors (Lipinski definition) is 1. The molecule has 0 atom stereocenters. The zero-order valence-corrected chi connectivity index (χ0v) is 18.6. The SMILES string of the molecule is Cc1cc2nnc(SCC(=O)c3ccc(NC(=O)CC(C)C)cc3)n2c2ccccc12. The molecule has 6 nitrogen and oxygen atoms in total. The van der Waals surface area contributed by atoms with Crippen LogP contribution >= 0.6 is 11.8 Å². The van der Waals surface area contributed by atoms with Crippen LogP contribution in [0.2, 0.25) is 0 Å². The van der Waals surface area contributed by atoms with Crippen LogP contribution in [0.4, 0.5) is 5.69 Å². The van der Waals surface area contributed by atoms with Crippen LogP contribution in [0.15, 0.2) is 59.8 Å². The molecule has 0 fully saturated rings. The third-order valence-electron chi connectivity index (χ3n) is 4.99. The second kappa shape index (κ2) is 8.89. The maximum atomic E-state index is 12.7. The van der Waals surface area contributed by atoms with Gasteiger partial charge in [0.1, 0.15) is 0 Å². The van der Waals surface area contributed by atoms with Gasteiger partial charge >= 0.3 is 0 Å². The van der Waals surface area contributed by atoms with Crippen LogP contribution in [-0.2, 0) is 4.79 Å². The lowest BCUT2D eigenvalue weighted by molar-refractivity contribution is -0.116. The molecule has 1 N–H and O–H groups in total. The molecule has 0 aliphatic carbocycles. The van der Waals surface area contributed by atoms with Gasteiger partial charge in [0.05, 0.1) is 11.3 Å². The molecular formula is C24H24N4O2S. The van der Waals surface area contributed by atoms with Gasteiger partial charge in [-0.25, -0.2) is 0 Å². The lowest BCUT2D eigenvalue weighted by Crippen LogP contribution is -2.14. The van der Waals surface area contributed by atoms with Crippen LogP contribution in [0.3, 0.4) is 0 Å². The zero-order valence-electron chi connectivity index (χ0n) is 17.8. The number of carbonyl (C=O) groups excluding carboxylic acids is 2. The third-order valence-corrected chi connectivity index (χ3v) is 5.92. The number of benzene rings is 2. The number of aromatic nitrogens is 3. The molecule has 0 bridgehead atoms. The van der Waals surface area contributed by atoms with Crippen molar-refractivity contribution in [1.82, 2.24) is 14.6 Å². The number of nitrogens with one attached hydrogen (secondary N) is 1. The molecule has 1 amide bonds. The quantitative estimate of drug-likeness (QED) is 0.323. The minimum absolute atomic E-state index is 0.00164. The van der Waals surface area contributed by atoms with E-state index in [1.165, 1.54) is 11.8 Å². The van der Waals surface area contributed by atoms with Crippen molar-refractivity contribution in [3.63, 3.8) is 0 Å². The summed E-state index contributed by atoms with van der Waals surface area (Å²) < 4.78 is 1.99. The fourth-order valence-corrected chi connectivity index (χ4v) is 4.35. The first kappa shape index (κ1) is 21.1. The smallest absolute Gasteiger partial charge is 0.224 e. The molecule has 0 aliphatic heterocycles. The van der Waals surface area contributed by atoms with Gasteiger partial charge in [0, 0.05) is 23.1 Å². The van der Waals surface area contributed by atoms with Crippen molar-refractivity contribution in [2.45, 2.75) is 32.3 Å². The van der Waals surface area contributed by atoms with Gasteiger partial charge in [-0.05, 0) is 54.8 Å². The Hall–Kier alpha value is -3.19. The second-order valence-corrected chi connectivity index (χ2v) is 8.90. The summed E-state index contributed by atoms with van der Waals surface area (Å²) in [6.07, 6.45) is 0.470. The maximum Gasteiger partial charge on any atom is 0.224 e. The number of pyridine rings is 1. The summed E-state index contributed by atoms with van der Waals surface area (Å²) in [5.74, 6) is 0.526. The van der Waals surface area contributed by atoms with E-state index in [-0.39, 0.29) is 17.4 Å². The summed E-state index contributed by atoms with van der Waals surface area (Å²) in [6.45, 7) is 6.06. The number of ketones is 1. The Morgan fingerprint density at radius 2 is 1.81 bits per heavy atom. The van der Waals surface area contributed by atoms with Gasteiger partial charge in [0.25, 0.3) is 0 Å². The first-order chi connectivity index (χ1) is 14.9. The summed E-state index contributed by atoms with van der Waals surface area (Å²) in [5.41, 5.74) is 4.24. The topological polar surface area (TPSA) is 76.4 Å². The molecule has 2 aromatic heterocycles. The van der Waals surface area contributed by atoms with E-state index in [0.717, 1.165) is 22.1 Å². The number of carbonyl (C=O) groups is 2. The lowest BCUT2D eigenvalue weighted by atomic mass is 10.1. The summed E-state index contributed by atoms with van der Waals surface area (Å²) >= 11 is 1.37. The summed E-state index contributed by atoms with van der Waals surface area (Å²) in [4.78, 5) is 24.6. The number of Topliss-reactive ketones (excluding diaryl/α,β-unsaturated/α-hetero) is 1. The predicted molar refractivity (Wildman–Crippen MR) is 125 cm³/mol. The summed E-state index contributed by atoms with van der Waals surface area (Å²) in [6, 6.07) is 17.1. The van der Waals surface area contributed by atoms with Gasteiger partial charge in [-0.15, -0.1) is 10.2 Å². The van der Waals surface area contributed by atoms with Crippen molar-refractivity contribution in [3.8, 4) is 0 Å². The zero-order chi connectivity index (χ0) is 22.0. The van der Waals surface area contributed by atoms with E-state index < -0.39 is 0 Å². The largest absolute Gasteiger partial charge is 0.326 e. The number of amides is 1. The Labute approximate surface area is 185 Å². The Bertz CT molecular complexity index is 1260. The van der Waals surface area contributed by atoms with E-state index in [4.69, 9.17) is 0 Å². The number of para-hydroxylation sites is 1. The molecule has 0 saturated heterocycles. The Balaban J connectivity index is 1.47. The minimum Gasteiger partial charge on any atom is -0.326 e. The van der Waals surface area contributed by atoms with Crippen molar-refractivity contribution < 1.29 is 9.59 Å². The average Bonchev–Trinajstić information content (AvgIpc) is 3.15. The molecule has 0 radical (unpaired) electrons. The lowest BCUT2D eigenvalue weighted by Gasteiger charge is -2.08. The molecule has 7 heteroatoms. The van der Waals surface area contributed by atoms with Crippen molar-refractivity contribution in [1.29, 1.82) is 0 Å². The Morgan fingerprint density at radius 3 is 2.55 bits per heavy atom. The summed E-state index contributed by atoms with van der Waals surface area (Å²) in [5, 5.41) is 13.3. The van der Waals surface area contributed by atoms with Crippen molar-refractivity contribution in [2.75, 3.05) is 11.1 Å². The summed E-state index contributed by atoms with van der Waals surface area (Å²) in [7, 11) is 0. The van der Waals surface area contributed by atoms with E-state index in [9.17, 15) is 9.59 Å². The van der Waals surface area contributed by atoms with Crippen LogP contribution in [-0.4, -0.2) is 32.0 Å². The molecule has 4 aromatic rings. The fraction of sp³-hybridized carbons (Fsp3) is 0.250. The van der Waals surface area contributed by atoms with Gasteiger partial charge in [0.2, 0.25) is 5.91 Å². The van der Waals surface area contributed by atoms with Crippen LogP contribution in [0, 0.1) is 12.8 Å². The van der Waals surface area contributed by atoms with Crippen LogP contribution < -0.4 is 5.32 Å². The normalized spacial score (nSPS) is 11.4. The highest BCUT2D eigenvalue weighted by atomic mass is 32.2. The van der Waals surface area contributed by atoms with Crippen molar-refractivity contribution in [2.24, 2.45) is 5.92 Å². The molecule has 2 heterocycles. The maximum absolute atomic E-state index is 12.7. The average molecular weight is 433 g/mol. The van der Waals surface area contributed by atoms with E-state index in [0.29, 0.717) is 28.7 Å². The molecule has 0 spiro atoms. The number of thioether (sulfide) groups is 1. The highest BCUT2D eigenvalue weighted by Crippen LogP contribution is 2.26. The van der Waals surface area contributed by atoms with Crippen LogP contribution in [0.5, 0.6) is 0 Å². The number of nitrogens with zero attached hydrogens (tertiary/aromatic N) is 3. The van der Waals surface area contributed by atoms with Crippen molar-refractivity contribution in [3.05, 3.63) is 65.7 Å². The van der Waals surface area contributed by atoms with Gasteiger partial charge in [-0.3, -0.25) is 14.0 Å². The standard InChI is InChI=1S/C24H24N4O2S/c1-15(2)12-23(30)25-18-10-8-17(9-11-18)21(29)14-31-24-27-26-22-13-16(3)19-6-4-5-7-20(19)28(22)24/h4-11,13,15H,12,14H2,1-3H3,(H,25,30). The fourth-order valence-electron chi connectivity index (χ4n) is 3.50. The second-order valence-electron chi connectivity index (χ2n) is 7.96. The highest BCUT2D eigenvalue weighted by molar-refractivity contribution is 7.99. The van der Waals surface area contributed by atoms with Gasteiger partial charge < -0.3 is 5.32 Å². The molecule has 31 heavy (non-hydrogen) atoms. The number of anilines is 1. The third kappa shape index (κ3) is 4.61.